The molecule has 1 aliphatic heterocycles. The van der Waals surface area contributed by atoms with Crippen LogP contribution in [0.4, 0.5) is 0 Å². The van der Waals surface area contributed by atoms with E-state index < -0.39 is 7.26 Å². The minimum absolute atomic E-state index is 0.580. The Morgan fingerprint density at radius 3 is 2.58 bits per heavy atom. The Morgan fingerprint density at radius 1 is 1.10 bits per heavy atom. The van der Waals surface area contributed by atoms with E-state index in [0.29, 0.717) is 5.41 Å². The molecule has 2 atom stereocenters. The zero-order valence-corrected chi connectivity index (χ0v) is 22.7. The molecule has 2 unspecified atom stereocenters. The van der Waals surface area contributed by atoms with Gasteiger partial charge in [0.15, 0.2) is 0 Å². The van der Waals surface area contributed by atoms with E-state index in [9.17, 15) is 0 Å². The third kappa shape index (κ3) is 7.32. The molecular formula is C30H53P. The normalized spacial score (nSPS) is 30.7. The molecule has 2 bridgehead atoms. The van der Waals surface area contributed by atoms with Crippen molar-refractivity contribution in [3.63, 3.8) is 0 Å². The first-order valence-electron chi connectivity index (χ1n) is 13.9. The van der Waals surface area contributed by atoms with Crippen LogP contribution in [-0.4, -0.2) is 24.6 Å². The van der Waals surface area contributed by atoms with Gasteiger partial charge in [-0.3, -0.25) is 0 Å². The van der Waals surface area contributed by atoms with Crippen LogP contribution in [0.2, 0.25) is 0 Å². The van der Waals surface area contributed by atoms with Gasteiger partial charge in [-0.25, -0.2) is 0 Å². The maximum absolute atomic E-state index is 2.66. The molecule has 0 aromatic carbocycles. The van der Waals surface area contributed by atoms with Crippen LogP contribution in [0.15, 0.2) is 34.9 Å². The van der Waals surface area contributed by atoms with Crippen molar-refractivity contribution in [3.05, 3.63) is 34.9 Å². The quantitative estimate of drug-likeness (QED) is 0.220. The van der Waals surface area contributed by atoms with E-state index in [1.165, 1.54) is 77.0 Å². The van der Waals surface area contributed by atoms with Crippen molar-refractivity contribution in [2.75, 3.05) is 24.6 Å². The van der Waals surface area contributed by atoms with Gasteiger partial charge in [0.05, 0.1) is 0 Å². The van der Waals surface area contributed by atoms with Gasteiger partial charge in [0.25, 0.3) is 0 Å². The molecule has 0 nitrogen and oxygen atoms in total. The van der Waals surface area contributed by atoms with Crippen LogP contribution in [0.1, 0.15) is 112 Å². The van der Waals surface area contributed by atoms with Crippen LogP contribution in [0, 0.1) is 17.3 Å². The summed E-state index contributed by atoms with van der Waals surface area (Å²) in [4.78, 5) is 0. The van der Waals surface area contributed by atoms with Gasteiger partial charge in [-0.2, -0.15) is 0 Å². The first kappa shape index (κ1) is 25.3. The first-order valence-corrected chi connectivity index (χ1v) is 16.7. The summed E-state index contributed by atoms with van der Waals surface area (Å²) in [7, 11) is -1.03. The fraction of sp³-hybridized carbons (Fsp3) is 0.800. The minimum atomic E-state index is -1.03. The molecule has 1 fully saturated rings. The second-order valence-electron chi connectivity index (χ2n) is 12.3. The van der Waals surface area contributed by atoms with Crippen LogP contribution in [0.25, 0.3) is 0 Å². The third-order valence-electron chi connectivity index (χ3n) is 9.22. The summed E-state index contributed by atoms with van der Waals surface area (Å²) in [5.41, 5.74) is 5.93. The van der Waals surface area contributed by atoms with E-state index in [1.54, 1.807) is 35.8 Å². The van der Waals surface area contributed by atoms with Crippen molar-refractivity contribution in [1.82, 2.24) is 0 Å². The van der Waals surface area contributed by atoms with Crippen LogP contribution < -0.4 is 0 Å². The van der Waals surface area contributed by atoms with E-state index in [-0.39, 0.29) is 0 Å². The van der Waals surface area contributed by atoms with Crippen molar-refractivity contribution in [3.8, 4) is 0 Å². The Labute approximate surface area is 195 Å². The Kier molecular flexibility index (Phi) is 9.52. The molecule has 2 aliphatic carbocycles. The van der Waals surface area contributed by atoms with E-state index >= 15 is 0 Å². The zero-order valence-electron chi connectivity index (χ0n) is 21.7. The van der Waals surface area contributed by atoms with Gasteiger partial charge >= 0.3 is 196 Å². The molecule has 3 rings (SSSR count). The maximum atomic E-state index is 2.66. The molecule has 31 heavy (non-hydrogen) atoms. The predicted molar refractivity (Wildman–Crippen MR) is 145 cm³/mol. The molecule has 0 radical (unpaired) electrons. The fourth-order valence-electron chi connectivity index (χ4n) is 7.27. The van der Waals surface area contributed by atoms with Crippen molar-refractivity contribution in [2.24, 2.45) is 17.3 Å². The summed E-state index contributed by atoms with van der Waals surface area (Å²) in [5, 5.41) is 0. The second-order valence-corrected chi connectivity index (χ2v) is 16.9. The van der Waals surface area contributed by atoms with E-state index in [1.807, 2.05) is 5.57 Å². The zero-order chi connectivity index (χ0) is 22.3. The van der Waals surface area contributed by atoms with Crippen LogP contribution in [-0.2, 0) is 0 Å². The molecule has 0 amide bonds. The number of rotatable bonds is 11. The van der Waals surface area contributed by atoms with Gasteiger partial charge in [0.2, 0.25) is 0 Å². The Hall–Kier alpha value is -0.350. The molecule has 0 aromatic rings. The van der Waals surface area contributed by atoms with Gasteiger partial charge < -0.3 is 0 Å². The second kappa shape index (κ2) is 11.7. The molecule has 0 N–H and O–H groups in total. The summed E-state index contributed by atoms with van der Waals surface area (Å²) >= 11 is 0. The number of unbranched alkanes of at least 4 members (excludes halogenated alkanes) is 1. The molecule has 1 heteroatoms. The van der Waals surface area contributed by atoms with Crippen LogP contribution in [0.3, 0.4) is 0 Å². The molecule has 3 aliphatic rings. The van der Waals surface area contributed by atoms with Gasteiger partial charge in [-0.1, -0.05) is 0 Å². The SMILES string of the molecule is CCC/C=C/CC[PH]1(CC(C)(CC)CC/C2=C/CCC3=C(C)CC(CC2)C3)CC(C)C1. The molecule has 0 saturated carbocycles. The summed E-state index contributed by atoms with van der Waals surface area (Å²) in [5.74, 6) is 1.97. The van der Waals surface area contributed by atoms with Crippen LogP contribution >= 0.6 is 7.26 Å². The molecule has 0 spiro atoms. The third-order valence-corrected chi connectivity index (χ3v) is 15.3. The van der Waals surface area contributed by atoms with E-state index in [0.717, 1.165) is 11.8 Å². The summed E-state index contributed by atoms with van der Waals surface area (Å²) in [6.45, 7) is 12.3. The topological polar surface area (TPSA) is 0 Å². The number of allylic oxidation sites excluding steroid dienone is 6. The number of hydrogen-bond acceptors (Lipinski definition) is 0. The molecule has 178 valence electrons. The standard InChI is InChI=1S/C30H53P/c1-6-8-9-10-11-19-31(22-25(3)23-31)24-30(5,7-2)18-17-27-13-12-14-29-21-28(16-15-27)20-26(29)4/h9-10,13,25,28,31H,6-8,11-12,14-24H2,1-5H3/b10-9+,27-13+. The fourth-order valence-corrected chi connectivity index (χ4v) is 14.0. The summed E-state index contributed by atoms with van der Waals surface area (Å²) < 4.78 is 0. The van der Waals surface area contributed by atoms with Gasteiger partial charge in [-0.15, -0.1) is 0 Å². The number of hydrogen-bond donors (Lipinski definition) is 0. The molecule has 0 aromatic heterocycles. The Balaban J connectivity index is 1.55. The van der Waals surface area contributed by atoms with Gasteiger partial charge in [0.1, 0.15) is 0 Å². The average molecular weight is 445 g/mol. The van der Waals surface area contributed by atoms with Gasteiger partial charge in [0, 0.05) is 0 Å². The summed E-state index contributed by atoms with van der Waals surface area (Å²) in [6.07, 6.45) is 30.4. The molecule has 1 heterocycles. The van der Waals surface area contributed by atoms with Crippen molar-refractivity contribution >= 4 is 7.26 Å². The van der Waals surface area contributed by atoms with E-state index in [4.69, 9.17) is 0 Å². The van der Waals surface area contributed by atoms with Gasteiger partial charge in [-0.05, 0) is 0 Å². The van der Waals surface area contributed by atoms with Crippen molar-refractivity contribution in [1.29, 1.82) is 0 Å². The number of fused-ring (bicyclic) bond motifs is 2. The first-order chi connectivity index (χ1) is 14.9. The van der Waals surface area contributed by atoms with Crippen molar-refractivity contribution < 1.29 is 0 Å². The Bertz CT molecular complexity index is 660. The van der Waals surface area contributed by atoms with Crippen LogP contribution in [0.5, 0.6) is 0 Å². The van der Waals surface area contributed by atoms with E-state index in [2.05, 4.69) is 52.8 Å². The monoisotopic (exact) mass is 444 g/mol. The van der Waals surface area contributed by atoms with Crippen molar-refractivity contribution in [2.45, 2.75) is 112 Å². The molecular weight excluding hydrogens is 391 g/mol. The Morgan fingerprint density at radius 2 is 1.87 bits per heavy atom. The summed E-state index contributed by atoms with van der Waals surface area (Å²) in [6, 6.07) is 0. The molecule has 1 saturated heterocycles. The predicted octanol–water partition coefficient (Wildman–Crippen LogP) is 9.56. The average Bonchev–Trinajstić information content (AvgIpc) is 3.11.